The minimum Gasteiger partial charge on any atom is -0.340 e. The van der Waals surface area contributed by atoms with Gasteiger partial charge in [0.05, 0.1) is 5.56 Å². The second-order valence-electron chi connectivity index (χ2n) is 6.78. The van der Waals surface area contributed by atoms with Crippen molar-refractivity contribution in [2.75, 3.05) is 0 Å². The first-order valence-corrected chi connectivity index (χ1v) is 7.94. The van der Waals surface area contributed by atoms with E-state index in [-0.39, 0.29) is 11.3 Å². The third-order valence-electron chi connectivity index (χ3n) is 3.61. The maximum Gasteiger partial charge on any atom is 0.253 e. The van der Waals surface area contributed by atoms with Crippen molar-refractivity contribution in [3.05, 3.63) is 54.3 Å². The largest absolute Gasteiger partial charge is 0.340 e. The first-order valence-electron chi connectivity index (χ1n) is 7.94. The number of hydrogen-bond donors (Lipinski definition) is 1. The van der Waals surface area contributed by atoms with Gasteiger partial charge in [0.2, 0.25) is 5.89 Å². The molecule has 25 heavy (non-hydrogen) atoms. The maximum absolute atomic E-state index is 12.4. The number of carbonyl (C=O) groups is 1. The van der Waals surface area contributed by atoms with E-state index in [2.05, 4.69) is 25.4 Å². The van der Waals surface area contributed by atoms with E-state index in [0.29, 0.717) is 23.1 Å². The SMILES string of the molecule is CC(NC(=O)c1ccc(-n2ccnc2)nc1)c1nc(C(C)(C)C)no1. The Hall–Kier alpha value is -3.03. The highest BCUT2D eigenvalue weighted by Gasteiger charge is 2.24. The number of hydrogen-bond acceptors (Lipinski definition) is 6. The Kier molecular flexibility index (Phi) is 4.35. The molecule has 130 valence electrons. The molecule has 8 heteroatoms. The van der Waals surface area contributed by atoms with Crippen LogP contribution in [0.15, 0.2) is 41.6 Å². The zero-order valence-electron chi connectivity index (χ0n) is 14.6. The molecule has 0 saturated carbocycles. The fourth-order valence-corrected chi connectivity index (χ4v) is 2.13. The van der Waals surface area contributed by atoms with Crippen LogP contribution in [0.5, 0.6) is 0 Å². The summed E-state index contributed by atoms with van der Waals surface area (Å²) in [4.78, 5) is 25.0. The molecule has 3 aromatic rings. The van der Waals surface area contributed by atoms with E-state index < -0.39 is 6.04 Å². The fraction of sp³-hybridized carbons (Fsp3) is 0.353. The second kappa shape index (κ2) is 6.46. The van der Waals surface area contributed by atoms with E-state index in [9.17, 15) is 4.79 Å². The van der Waals surface area contributed by atoms with E-state index >= 15 is 0 Å². The van der Waals surface area contributed by atoms with Gasteiger partial charge in [-0.1, -0.05) is 25.9 Å². The normalized spacial score (nSPS) is 12.8. The molecule has 1 N–H and O–H groups in total. The van der Waals surface area contributed by atoms with Gasteiger partial charge in [-0.15, -0.1) is 0 Å². The van der Waals surface area contributed by atoms with Crippen LogP contribution < -0.4 is 5.32 Å². The number of pyridine rings is 1. The lowest BCUT2D eigenvalue weighted by atomic mass is 9.96. The van der Waals surface area contributed by atoms with Gasteiger partial charge in [-0.05, 0) is 19.1 Å². The molecule has 3 aromatic heterocycles. The predicted octanol–water partition coefficient (Wildman–Crippen LogP) is 2.44. The van der Waals surface area contributed by atoms with E-state index in [0.717, 1.165) is 0 Å². The van der Waals surface area contributed by atoms with Gasteiger partial charge in [-0.3, -0.25) is 9.36 Å². The van der Waals surface area contributed by atoms with Crippen LogP contribution >= 0.6 is 0 Å². The number of imidazole rings is 1. The van der Waals surface area contributed by atoms with Crippen molar-refractivity contribution in [2.45, 2.75) is 39.2 Å². The van der Waals surface area contributed by atoms with Gasteiger partial charge in [-0.25, -0.2) is 9.97 Å². The Morgan fingerprint density at radius 1 is 1.32 bits per heavy atom. The molecule has 3 heterocycles. The first-order chi connectivity index (χ1) is 11.8. The van der Waals surface area contributed by atoms with Gasteiger partial charge in [-0.2, -0.15) is 4.98 Å². The van der Waals surface area contributed by atoms with Crippen molar-refractivity contribution in [2.24, 2.45) is 0 Å². The second-order valence-corrected chi connectivity index (χ2v) is 6.78. The minimum atomic E-state index is -0.399. The average molecular weight is 340 g/mol. The lowest BCUT2D eigenvalue weighted by molar-refractivity contribution is 0.0932. The molecule has 0 fully saturated rings. The number of aromatic nitrogens is 5. The molecule has 0 aromatic carbocycles. The zero-order chi connectivity index (χ0) is 18.0. The van der Waals surface area contributed by atoms with Gasteiger partial charge in [0.15, 0.2) is 5.82 Å². The summed E-state index contributed by atoms with van der Waals surface area (Å²) in [7, 11) is 0. The summed E-state index contributed by atoms with van der Waals surface area (Å²) in [5.41, 5.74) is 0.240. The average Bonchev–Trinajstić information content (AvgIpc) is 3.26. The van der Waals surface area contributed by atoms with Crippen molar-refractivity contribution in [3.8, 4) is 5.82 Å². The Balaban J connectivity index is 1.68. The minimum absolute atomic E-state index is 0.210. The van der Waals surface area contributed by atoms with Crippen molar-refractivity contribution >= 4 is 5.91 Å². The summed E-state index contributed by atoms with van der Waals surface area (Å²) in [6.07, 6.45) is 6.62. The monoisotopic (exact) mass is 340 g/mol. The standard InChI is InChI=1S/C17H20N6O2/c1-11(15-21-16(22-25-15)17(2,3)4)20-14(24)12-5-6-13(19-9-12)23-8-7-18-10-23/h5-11H,1-4H3,(H,20,24). The summed E-state index contributed by atoms with van der Waals surface area (Å²) in [6.45, 7) is 7.79. The third-order valence-corrected chi connectivity index (χ3v) is 3.61. The van der Waals surface area contributed by atoms with Crippen LogP contribution in [0.25, 0.3) is 5.82 Å². The van der Waals surface area contributed by atoms with Crippen LogP contribution in [0.1, 0.15) is 55.8 Å². The summed E-state index contributed by atoms with van der Waals surface area (Å²) in [5.74, 6) is 1.41. The molecule has 0 radical (unpaired) electrons. The van der Waals surface area contributed by atoms with Crippen LogP contribution in [0, 0.1) is 0 Å². The molecule has 0 aliphatic carbocycles. The van der Waals surface area contributed by atoms with Gasteiger partial charge in [0.25, 0.3) is 5.91 Å². The van der Waals surface area contributed by atoms with E-state index in [1.165, 1.54) is 6.20 Å². The topological polar surface area (TPSA) is 98.7 Å². The van der Waals surface area contributed by atoms with Crippen molar-refractivity contribution in [1.29, 1.82) is 0 Å². The van der Waals surface area contributed by atoms with E-state index in [4.69, 9.17) is 4.52 Å². The number of amides is 1. The van der Waals surface area contributed by atoms with Gasteiger partial charge in [0, 0.05) is 24.0 Å². The molecule has 3 rings (SSSR count). The lowest BCUT2D eigenvalue weighted by Gasteiger charge is -2.12. The quantitative estimate of drug-likeness (QED) is 0.783. The molecule has 0 aliphatic heterocycles. The molecule has 8 nitrogen and oxygen atoms in total. The van der Waals surface area contributed by atoms with Crippen molar-refractivity contribution in [1.82, 2.24) is 30.0 Å². The molecule has 0 saturated heterocycles. The highest BCUT2D eigenvalue weighted by molar-refractivity contribution is 5.94. The number of nitrogens with one attached hydrogen (secondary N) is 1. The highest BCUT2D eigenvalue weighted by Crippen LogP contribution is 2.20. The van der Waals surface area contributed by atoms with Crippen LogP contribution in [0.2, 0.25) is 0 Å². The summed E-state index contributed by atoms with van der Waals surface area (Å²) >= 11 is 0. The summed E-state index contributed by atoms with van der Waals surface area (Å²) in [6, 6.07) is 3.06. The van der Waals surface area contributed by atoms with Gasteiger partial charge >= 0.3 is 0 Å². The predicted molar refractivity (Wildman–Crippen MR) is 90.2 cm³/mol. The van der Waals surface area contributed by atoms with Crippen LogP contribution in [0.4, 0.5) is 0 Å². The molecular formula is C17H20N6O2. The van der Waals surface area contributed by atoms with Crippen molar-refractivity contribution in [3.63, 3.8) is 0 Å². The fourth-order valence-electron chi connectivity index (χ4n) is 2.13. The van der Waals surface area contributed by atoms with Crippen molar-refractivity contribution < 1.29 is 9.32 Å². The Morgan fingerprint density at radius 3 is 2.68 bits per heavy atom. The van der Waals surface area contributed by atoms with Gasteiger partial charge < -0.3 is 9.84 Å². The van der Waals surface area contributed by atoms with E-state index in [1.807, 2.05) is 20.8 Å². The molecular weight excluding hydrogens is 320 g/mol. The summed E-state index contributed by atoms with van der Waals surface area (Å²) < 4.78 is 7.02. The number of carbonyl (C=O) groups excluding carboxylic acids is 1. The Labute approximate surface area is 145 Å². The molecule has 1 amide bonds. The highest BCUT2D eigenvalue weighted by atomic mass is 16.5. The summed E-state index contributed by atoms with van der Waals surface area (Å²) in [5, 5.41) is 6.81. The number of rotatable bonds is 4. The van der Waals surface area contributed by atoms with Crippen LogP contribution in [-0.2, 0) is 5.41 Å². The maximum atomic E-state index is 12.4. The first kappa shape index (κ1) is 16.8. The number of nitrogens with zero attached hydrogens (tertiary/aromatic N) is 5. The third kappa shape index (κ3) is 3.73. The molecule has 0 spiro atoms. The molecule has 0 aliphatic rings. The smallest absolute Gasteiger partial charge is 0.253 e. The van der Waals surface area contributed by atoms with Gasteiger partial charge in [0.1, 0.15) is 18.2 Å². The Bertz CT molecular complexity index is 846. The lowest BCUT2D eigenvalue weighted by Crippen LogP contribution is -2.27. The van der Waals surface area contributed by atoms with Crippen LogP contribution in [0.3, 0.4) is 0 Å². The molecule has 1 atom stereocenters. The van der Waals surface area contributed by atoms with E-state index in [1.54, 1.807) is 42.3 Å². The Morgan fingerprint density at radius 2 is 2.12 bits per heavy atom. The molecule has 0 bridgehead atoms. The zero-order valence-corrected chi connectivity index (χ0v) is 14.6. The molecule has 1 unspecified atom stereocenters. The van der Waals surface area contributed by atoms with Crippen LogP contribution in [-0.4, -0.2) is 30.6 Å².